The second-order valence-electron chi connectivity index (χ2n) is 8.50. The van der Waals surface area contributed by atoms with E-state index in [1.165, 1.54) is 0 Å². The Morgan fingerprint density at radius 3 is 2.19 bits per heavy atom. The molecule has 0 aliphatic heterocycles. The maximum absolute atomic E-state index is 13.6. The number of rotatable bonds is 9. The summed E-state index contributed by atoms with van der Waals surface area (Å²) in [7, 11) is 1.62. The van der Waals surface area contributed by atoms with E-state index in [-0.39, 0.29) is 12.5 Å². The predicted molar refractivity (Wildman–Crippen MR) is 140 cm³/mol. The Kier molecular flexibility index (Phi) is 7.03. The molecule has 186 valence electrons. The van der Waals surface area contributed by atoms with Gasteiger partial charge in [-0.15, -0.1) is 0 Å². The van der Waals surface area contributed by atoms with Gasteiger partial charge >= 0.3 is 0 Å². The van der Waals surface area contributed by atoms with E-state index >= 15 is 0 Å². The van der Waals surface area contributed by atoms with Crippen LogP contribution in [0.15, 0.2) is 108 Å². The van der Waals surface area contributed by atoms with E-state index in [2.05, 4.69) is 0 Å². The van der Waals surface area contributed by atoms with Crippen molar-refractivity contribution in [2.45, 2.75) is 20.0 Å². The van der Waals surface area contributed by atoms with E-state index in [0.717, 1.165) is 22.7 Å². The van der Waals surface area contributed by atoms with Crippen LogP contribution in [0.3, 0.4) is 0 Å². The summed E-state index contributed by atoms with van der Waals surface area (Å²) in [6.07, 6.45) is 1.61. The van der Waals surface area contributed by atoms with E-state index in [1.807, 2.05) is 104 Å². The van der Waals surface area contributed by atoms with Crippen molar-refractivity contribution in [1.29, 1.82) is 0 Å². The molecule has 0 unspecified atom stereocenters. The van der Waals surface area contributed by atoms with Crippen LogP contribution in [0.25, 0.3) is 5.69 Å². The summed E-state index contributed by atoms with van der Waals surface area (Å²) in [5.74, 6) is 2.48. The Bertz CT molecular complexity index is 1440. The quantitative estimate of drug-likeness (QED) is 0.237. The Morgan fingerprint density at radius 1 is 0.865 bits per heavy atom. The van der Waals surface area contributed by atoms with Crippen LogP contribution in [0.5, 0.6) is 17.4 Å². The third-order valence-electron chi connectivity index (χ3n) is 6.00. The first kappa shape index (κ1) is 23.9. The molecule has 0 saturated heterocycles. The zero-order valence-electron chi connectivity index (χ0n) is 20.7. The Balaban J connectivity index is 1.56. The largest absolute Gasteiger partial charge is 0.497 e. The minimum absolute atomic E-state index is 0.112. The number of furan rings is 1. The number of amides is 1. The van der Waals surface area contributed by atoms with Crippen LogP contribution >= 0.6 is 0 Å². The Labute approximate surface area is 215 Å². The minimum atomic E-state index is -0.112. The van der Waals surface area contributed by atoms with Gasteiger partial charge in [0, 0.05) is 5.56 Å². The number of ether oxygens (including phenoxy) is 2. The lowest BCUT2D eigenvalue weighted by molar-refractivity contribution is 0.0716. The average molecular weight is 494 g/mol. The standard InChI is InChI=1S/C30H27N3O4/c1-22-28(21-32(20-27-14-9-19-36-27)29(34)23-10-5-3-6-11-23)30(33(31-22)24-12-7-4-8-13-24)37-26-17-15-25(35-2)16-18-26/h3-19H,20-21H2,1-2H3. The van der Waals surface area contributed by atoms with Crippen molar-refractivity contribution in [3.05, 3.63) is 126 Å². The lowest BCUT2D eigenvalue weighted by Crippen LogP contribution is -2.30. The lowest BCUT2D eigenvalue weighted by Gasteiger charge is -2.22. The number of aryl methyl sites for hydroxylation is 1. The fourth-order valence-corrected chi connectivity index (χ4v) is 4.07. The monoisotopic (exact) mass is 493 g/mol. The summed E-state index contributed by atoms with van der Waals surface area (Å²) in [6, 6.07) is 30.1. The van der Waals surface area contributed by atoms with Crippen molar-refractivity contribution in [3.8, 4) is 23.1 Å². The van der Waals surface area contributed by atoms with Crippen LogP contribution < -0.4 is 9.47 Å². The number of aromatic nitrogens is 2. The van der Waals surface area contributed by atoms with Crippen molar-refractivity contribution in [3.63, 3.8) is 0 Å². The molecule has 0 aliphatic carbocycles. The molecule has 0 bridgehead atoms. The van der Waals surface area contributed by atoms with Gasteiger partial charge in [-0.2, -0.15) is 5.10 Å². The first-order chi connectivity index (χ1) is 18.1. The van der Waals surface area contributed by atoms with Gasteiger partial charge in [-0.25, -0.2) is 4.68 Å². The fourth-order valence-electron chi connectivity index (χ4n) is 4.07. The van der Waals surface area contributed by atoms with Gasteiger partial charge in [0.05, 0.1) is 43.4 Å². The van der Waals surface area contributed by atoms with E-state index in [1.54, 1.807) is 23.0 Å². The number of hydrogen-bond donors (Lipinski definition) is 0. The fraction of sp³-hybridized carbons (Fsp3) is 0.133. The third-order valence-corrected chi connectivity index (χ3v) is 6.00. The number of methoxy groups -OCH3 is 1. The molecule has 1 amide bonds. The molecule has 37 heavy (non-hydrogen) atoms. The number of carbonyl (C=O) groups is 1. The molecule has 0 atom stereocenters. The molecule has 5 rings (SSSR count). The van der Waals surface area contributed by atoms with E-state index in [0.29, 0.717) is 29.5 Å². The van der Waals surface area contributed by atoms with E-state index in [4.69, 9.17) is 19.0 Å². The van der Waals surface area contributed by atoms with Gasteiger partial charge in [-0.05, 0) is 67.6 Å². The van der Waals surface area contributed by atoms with Gasteiger partial charge in [0.15, 0.2) is 0 Å². The number of benzene rings is 3. The molecule has 0 spiro atoms. The van der Waals surface area contributed by atoms with Crippen molar-refractivity contribution >= 4 is 5.91 Å². The summed E-state index contributed by atoms with van der Waals surface area (Å²) in [5, 5.41) is 4.80. The number of hydrogen-bond acceptors (Lipinski definition) is 5. The Morgan fingerprint density at radius 2 is 1.54 bits per heavy atom. The second-order valence-corrected chi connectivity index (χ2v) is 8.50. The average Bonchev–Trinajstić information content (AvgIpc) is 3.57. The van der Waals surface area contributed by atoms with Crippen LogP contribution in [0.2, 0.25) is 0 Å². The van der Waals surface area contributed by atoms with Crippen LogP contribution in [-0.2, 0) is 13.1 Å². The topological polar surface area (TPSA) is 69.7 Å². The predicted octanol–water partition coefficient (Wildman–Crippen LogP) is 6.42. The number of para-hydroxylation sites is 1. The first-order valence-corrected chi connectivity index (χ1v) is 11.9. The van der Waals surface area contributed by atoms with Gasteiger partial charge < -0.3 is 18.8 Å². The maximum atomic E-state index is 13.6. The zero-order chi connectivity index (χ0) is 25.6. The van der Waals surface area contributed by atoms with Crippen molar-refractivity contribution < 1.29 is 18.7 Å². The highest BCUT2D eigenvalue weighted by Crippen LogP contribution is 2.33. The third kappa shape index (κ3) is 5.41. The summed E-state index contributed by atoms with van der Waals surface area (Å²) < 4.78 is 19.1. The molecule has 0 fully saturated rings. The molecule has 0 radical (unpaired) electrons. The molecule has 0 N–H and O–H groups in total. The van der Waals surface area contributed by atoms with Crippen LogP contribution in [0.1, 0.15) is 27.4 Å². The molecule has 3 aromatic carbocycles. The summed E-state index contributed by atoms with van der Waals surface area (Å²) in [5.41, 5.74) is 3.01. The van der Waals surface area contributed by atoms with Gasteiger partial charge in [0.1, 0.15) is 17.3 Å². The first-order valence-electron chi connectivity index (χ1n) is 11.9. The van der Waals surface area contributed by atoms with Gasteiger partial charge in [-0.3, -0.25) is 4.79 Å². The van der Waals surface area contributed by atoms with Crippen LogP contribution in [-0.4, -0.2) is 27.7 Å². The van der Waals surface area contributed by atoms with Gasteiger partial charge in [-0.1, -0.05) is 36.4 Å². The van der Waals surface area contributed by atoms with Crippen LogP contribution in [0, 0.1) is 6.92 Å². The molecule has 2 heterocycles. The molecule has 7 nitrogen and oxygen atoms in total. The second kappa shape index (κ2) is 10.9. The number of carbonyl (C=O) groups excluding carboxylic acids is 1. The minimum Gasteiger partial charge on any atom is -0.497 e. The normalized spacial score (nSPS) is 10.8. The Hall–Kier alpha value is -4.78. The van der Waals surface area contributed by atoms with Crippen molar-refractivity contribution in [1.82, 2.24) is 14.7 Å². The molecule has 7 heteroatoms. The summed E-state index contributed by atoms with van der Waals surface area (Å²) in [6.45, 7) is 2.50. The zero-order valence-corrected chi connectivity index (χ0v) is 20.7. The molecule has 0 aliphatic rings. The summed E-state index contributed by atoms with van der Waals surface area (Å²) in [4.78, 5) is 15.4. The molecular formula is C30H27N3O4. The van der Waals surface area contributed by atoms with Crippen molar-refractivity contribution in [2.24, 2.45) is 0 Å². The highest BCUT2D eigenvalue weighted by atomic mass is 16.5. The molecule has 5 aromatic rings. The SMILES string of the molecule is COc1ccc(Oc2c(CN(Cc3ccco3)C(=O)c3ccccc3)c(C)nn2-c2ccccc2)cc1. The highest BCUT2D eigenvalue weighted by molar-refractivity contribution is 5.94. The van der Waals surface area contributed by atoms with Crippen molar-refractivity contribution in [2.75, 3.05) is 7.11 Å². The molecule has 2 aromatic heterocycles. The highest BCUT2D eigenvalue weighted by Gasteiger charge is 2.25. The van der Waals surface area contributed by atoms with Gasteiger partial charge in [0.2, 0.25) is 5.88 Å². The summed E-state index contributed by atoms with van der Waals surface area (Å²) >= 11 is 0. The number of nitrogens with zero attached hydrogens (tertiary/aromatic N) is 3. The van der Waals surface area contributed by atoms with Gasteiger partial charge in [0.25, 0.3) is 5.91 Å². The lowest BCUT2D eigenvalue weighted by atomic mass is 10.1. The molecular weight excluding hydrogens is 466 g/mol. The van der Waals surface area contributed by atoms with Crippen LogP contribution in [0.4, 0.5) is 0 Å². The smallest absolute Gasteiger partial charge is 0.254 e. The maximum Gasteiger partial charge on any atom is 0.254 e. The molecule has 0 saturated carbocycles. The van der Waals surface area contributed by atoms with E-state index < -0.39 is 0 Å². The van der Waals surface area contributed by atoms with E-state index in [9.17, 15) is 4.79 Å².